The molecule has 0 aromatic heterocycles. The van der Waals surface area contributed by atoms with E-state index in [1.165, 1.54) is 0 Å². The number of likely N-dealkylation sites (tertiary alicyclic amines) is 1. The lowest BCUT2D eigenvalue weighted by atomic mass is 9.93. The molecule has 0 spiro atoms. The second-order valence-electron chi connectivity index (χ2n) is 5.57. The van der Waals surface area contributed by atoms with Crippen molar-refractivity contribution in [2.24, 2.45) is 17.6 Å². The fourth-order valence-corrected chi connectivity index (χ4v) is 2.36. The first-order chi connectivity index (χ1) is 9.31. The largest absolute Gasteiger partial charge is 0.481 e. The molecule has 1 fully saturated rings. The molecule has 1 saturated heterocycles. The average molecular weight is 285 g/mol. The van der Waals surface area contributed by atoms with Gasteiger partial charge < -0.3 is 21.1 Å². The van der Waals surface area contributed by atoms with Gasteiger partial charge in [-0.2, -0.15) is 0 Å². The number of nitrogens with one attached hydrogen (secondary N) is 1. The van der Waals surface area contributed by atoms with Crippen LogP contribution in [0.2, 0.25) is 0 Å². The Hall–Kier alpha value is -1.79. The summed E-state index contributed by atoms with van der Waals surface area (Å²) in [6, 6.07) is -0.207. The molecule has 1 aliphatic rings. The normalized spacial score (nSPS) is 24.0. The zero-order valence-corrected chi connectivity index (χ0v) is 12.0. The minimum Gasteiger partial charge on any atom is -0.481 e. The molecule has 1 rings (SSSR count). The van der Waals surface area contributed by atoms with Crippen LogP contribution in [0, 0.1) is 11.8 Å². The molecule has 1 aliphatic heterocycles. The minimum absolute atomic E-state index is 0.0136. The maximum atomic E-state index is 12.1. The highest BCUT2D eigenvalue weighted by atomic mass is 16.4. The van der Waals surface area contributed by atoms with E-state index < -0.39 is 5.97 Å². The Morgan fingerprint density at radius 3 is 2.60 bits per heavy atom. The van der Waals surface area contributed by atoms with Crippen LogP contribution in [0.5, 0.6) is 0 Å². The first kappa shape index (κ1) is 16.3. The molecule has 3 unspecified atom stereocenters. The van der Waals surface area contributed by atoms with Gasteiger partial charge in [0.1, 0.15) is 0 Å². The van der Waals surface area contributed by atoms with E-state index in [-0.39, 0.29) is 36.2 Å². The van der Waals surface area contributed by atoms with E-state index in [0.717, 1.165) is 6.42 Å². The van der Waals surface area contributed by atoms with Crippen molar-refractivity contribution in [2.75, 3.05) is 13.1 Å². The summed E-state index contributed by atoms with van der Waals surface area (Å²) in [5.74, 6) is -1.70. The SMILES string of the molecule is CC(CNC(=O)N1CC(C(N)=O)CCC1C)CC(=O)O. The number of carbonyl (C=O) groups excluding carboxylic acids is 2. The number of carboxylic acid groups (broad SMARTS) is 1. The van der Waals surface area contributed by atoms with Gasteiger partial charge in [0, 0.05) is 25.6 Å². The Labute approximate surface area is 118 Å². The average Bonchev–Trinajstić information content (AvgIpc) is 2.35. The standard InChI is InChI=1S/C13H23N3O4/c1-8(5-11(17)18)6-15-13(20)16-7-10(12(14)19)4-3-9(16)2/h8-10H,3-7H2,1-2H3,(H2,14,19)(H,15,20)(H,17,18). The second kappa shape index (κ2) is 7.12. The Kier molecular flexibility index (Phi) is 5.79. The van der Waals surface area contributed by atoms with Gasteiger partial charge in [-0.25, -0.2) is 4.79 Å². The van der Waals surface area contributed by atoms with Crippen molar-refractivity contribution in [3.63, 3.8) is 0 Å². The van der Waals surface area contributed by atoms with Crippen molar-refractivity contribution in [1.82, 2.24) is 10.2 Å². The highest BCUT2D eigenvalue weighted by Crippen LogP contribution is 2.21. The molecule has 3 amide bonds. The first-order valence-electron chi connectivity index (χ1n) is 6.86. The lowest BCUT2D eigenvalue weighted by Gasteiger charge is -2.37. The van der Waals surface area contributed by atoms with Gasteiger partial charge in [0.25, 0.3) is 0 Å². The van der Waals surface area contributed by atoms with Gasteiger partial charge in [-0.1, -0.05) is 6.92 Å². The van der Waals surface area contributed by atoms with Crippen LogP contribution < -0.4 is 11.1 Å². The van der Waals surface area contributed by atoms with Crippen LogP contribution in [-0.2, 0) is 9.59 Å². The van der Waals surface area contributed by atoms with E-state index in [4.69, 9.17) is 10.8 Å². The summed E-state index contributed by atoms with van der Waals surface area (Å²) in [4.78, 5) is 35.5. The predicted molar refractivity (Wildman–Crippen MR) is 72.9 cm³/mol. The van der Waals surface area contributed by atoms with E-state index >= 15 is 0 Å². The maximum Gasteiger partial charge on any atom is 0.317 e. The van der Waals surface area contributed by atoms with Crippen LogP contribution in [0.25, 0.3) is 0 Å². The fraction of sp³-hybridized carbons (Fsp3) is 0.769. The molecule has 3 atom stereocenters. The Balaban J connectivity index is 2.48. The number of carboxylic acids is 1. The maximum absolute atomic E-state index is 12.1. The number of hydrogen-bond donors (Lipinski definition) is 3. The van der Waals surface area contributed by atoms with Crippen molar-refractivity contribution in [3.05, 3.63) is 0 Å². The molecule has 0 bridgehead atoms. The molecule has 0 aromatic rings. The highest BCUT2D eigenvalue weighted by Gasteiger charge is 2.31. The summed E-state index contributed by atoms with van der Waals surface area (Å²) >= 11 is 0. The molecule has 1 heterocycles. The number of amides is 3. The third-order valence-electron chi connectivity index (χ3n) is 3.67. The van der Waals surface area contributed by atoms with Crippen LogP contribution in [0.4, 0.5) is 4.79 Å². The first-order valence-corrected chi connectivity index (χ1v) is 6.86. The van der Waals surface area contributed by atoms with Gasteiger partial charge in [0.2, 0.25) is 5.91 Å². The van der Waals surface area contributed by atoms with Gasteiger partial charge in [0.05, 0.1) is 5.92 Å². The van der Waals surface area contributed by atoms with Crippen LogP contribution in [-0.4, -0.2) is 47.0 Å². The zero-order valence-electron chi connectivity index (χ0n) is 12.0. The summed E-state index contributed by atoms with van der Waals surface area (Å²) in [6.45, 7) is 4.32. The third-order valence-corrected chi connectivity index (χ3v) is 3.67. The number of nitrogens with two attached hydrogens (primary N) is 1. The zero-order chi connectivity index (χ0) is 15.3. The monoisotopic (exact) mass is 285 g/mol. The summed E-state index contributed by atoms with van der Waals surface area (Å²) < 4.78 is 0. The Morgan fingerprint density at radius 1 is 1.40 bits per heavy atom. The van der Waals surface area contributed by atoms with Gasteiger partial charge >= 0.3 is 12.0 Å². The molecule has 0 aliphatic carbocycles. The summed E-state index contributed by atoms with van der Waals surface area (Å²) in [5, 5.41) is 11.4. The number of rotatable bonds is 5. The fourth-order valence-electron chi connectivity index (χ4n) is 2.36. The number of piperidine rings is 1. The number of urea groups is 1. The lowest BCUT2D eigenvalue weighted by molar-refractivity contribution is -0.138. The number of hydrogen-bond acceptors (Lipinski definition) is 3. The molecule has 7 nitrogen and oxygen atoms in total. The molecule has 0 saturated carbocycles. The molecular formula is C13H23N3O4. The van der Waals surface area contributed by atoms with Crippen molar-refractivity contribution < 1.29 is 19.5 Å². The lowest BCUT2D eigenvalue weighted by Crippen LogP contribution is -2.52. The predicted octanol–water partition coefficient (Wildman–Crippen LogP) is 0.393. The Bertz CT molecular complexity index is 386. The summed E-state index contributed by atoms with van der Waals surface area (Å²) in [7, 11) is 0. The van der Waals surface area contributed by atoms with Gasteiger partial charge in [0.15, 0.2) is 0 Å². The van der Waals surface area contributed by atoms with E-state index in [2.05, 4.69) is 5.32 Å². The van der Waals surface area contributed by atoms with Gasteiger partial charge in [-0.05, 0) is 25.7 Å². The molecule has 0 radical (unpaired) electrons. The Morgan fingerprint density at radius 2 is 2.05 bits per heavy atom. The van der Waals surface area contributed by atoms with Crippen molar-refractivity contribution in [3.8, 4) is 0 Å². The summed E-state index contributed by atoms with van der Waals surface area (Å²) in [6.07, 6.45) is 1.46. The molecule has 0 aromatic carbocycles. The van der Waals surface area contributed by atoms with Crippen molar-refractivity contribution in [1.29, 1.82) is 0 Å². The van der Waals surface area contributed by atoms with Gasteiger partial charge in [-0.3, -0.25) is 9.59 Å². The molecule has 20 heavy (non-hydrogen) atoms. The molecular weight excluding hydrogens is 262 g/mol. The minimum atomic E-state index is -0.883. The number of carbonyl (C=O) groups is 3. The van der Waals surface area contributed by atoms with E-state index in [0.29, 0.717) is 19.5 Å². The highest BCUT2D eigenvalue weighted by molar-refractivity contribution is 5.79. The van der Waals surface area contributed by atoms with Crippen LogP contribution >= 0.6 is 0 Å². The van der Waals surface area contributed by atoms with Crippen molar-refractivity contribution >= 4 is 17.9 Å². The number of aliphatic carboxylic acids is 1. The second-order valence-corrected chi connectivity index (χ2v) is 5.57. The van der Waals surface area contributed by atoms with E-state index in [1.807, 2.05) is 6.92 Å². The summed E-state index contributed by atoms with van der Waals surface area (Å²) in [5.41, 5.74) is 5.29. The van der Waals surface area contributed by atoms with Crippen LogP contribution in [0.3, 0.4) is 0 Å². The topological polar surface area (TPSA) is 113 Å². The molecule has 7 heteroatoms. The number of nitrogens with zero attached hydrogens (tertiary/aromatic N) is 1. The van der Waals surface area contributed by atoms with Crippen LogP contribution in [0.15, 0.2) is 0 Å². The molecule has 114 valence electrons. The smallest absolute Gasteiger partial charge is 0.317 e. The van der Waals surface area contributed by atoms with Crippen LogP contribution in [0.1, 0.15) is 33.1 Å². The quantitative estimate of drug-likeness (QED) is 0.678. The third kappa shape index (κ3) is 4.71. The van der Waals surface area contributed by atoms with Gasteiger partial charge in [-0.15, -0.1) is 0 Å². The molecule has 4 N–H and O–H groups in total. The van der Waals surface area contributed by atoms with Crippen molar-refractivity contribution in [2.45, 2.75) is 39.2 Å². The number of primary amides is 1. The van der Waals surface area contributed by atoms with E-state index in [1.54, 1.807) is 11.8 Å². The van der Waals surface area contributed by atoms with E-state index in [9.17, 15) is 14.4 Å².